The summed E-state index contributed by atoms with van der Waals surface area (Å²) in [5.74, 6) is -0.480. The topological polar surface area (TPSA) is 74.6 Å². The third-order valence-corrected chi connectivity index (χ3v) is 6.80. The van der Waals surface area contributed by atoms with Crippen LogP contribution in [-0.2, 0) is 9.59 Å². The van der Waals surface area contributed by atoms with Crippen molar-refractivity contribution in [3.63, 3.8) is 0 Å². The third kappa shape index (κ3) is 22.8. The molecule has 2 atom stereocenters. The van der Waals surface area contributed by atoms with E-state index >= 15 is 0 Å². The van der Waals surface area contributed by atoms with Gasteiger partial charge in [-0.3, -0.25) is 9.59 Å². The van der Waals surface area contributed by atoms with Crippen LogP contribution in [-0.4, -0.2) is 41.5 Å². The van der Waals surface area contributed by atoms with Gasteiger partial charge in [-0.2, -0.15) is 0 Å². The summed E-state index contributed by atoms with van der Waals surface area (Å²) in [7, 11) is 0. The number of carboxylic acids is 2. The van der Waals surface area contributed by atoms with Gasteiger partial charge in [0.05, 0.1) is 5.25 Å². The molecule has 0 saturated heterocycles. The summed E-state index contributed by atoms with van der Waals surface area (Å²) in [5, 5.41) is 16.2. The molecule has 0 aliphatic carbocycles. The second-order valence-electron chi connectivity index (χ2n) is 5.26. The molecule has 2 unspecified atom stereocenters. The van der Waals surface area contributed by atoms with Crippen LogP contribution in [0, 0.1) is 0 Å². The first-order valence-corrected chi connectivity index (χ1v) is 11.9. The molecule has 0 amide bonds. The molecule has 0 aliphatic heterocycles. The van der Waals surface area contributed by atoms with E-state index in [-0.39, 0.29) is 11.7 Å². The molecule has 0 heterocycles. The molecule has 0 aliphatic rings. The Morgan fingerprint density at radius 1 is 1.04 bits per heavy atom. The molecule has 0 rings (SSSR count). The van der Waals surface area contributed by atoms with Crippen molar-refractivity contribution in [3.8, 4) is 0 Å². The van der Waals surface area contributed by atoms with Crippen molar-refractivity contribution in [2.75, 3.05) is 10.2 Å². The number of unbranched alkanes of at least 4 members (excludes halogenated alkanes) is 5. The van der Waals surface area contributed by atoms with Crippen molar-refractivity contribution in [2.45, 2.75) is 74.4 Å². The Kier molecular flexibility index (Phi) is 21.6. The summed E-state index contributed by atoms with van der Waals surface area (Å²) in [4.78, 5) is 20.0. The van der Waals surface area contributed by atoms with Gasteiger partial charge >= 0.3 is 11.9 Å². The van der Waals surface area contributed by atoms with E-state index in [1.54, 1.807) is 25.6 Å². The molecule has 0 spiro atoms. The van der Waals surface area contributed by atoms with E-state index in [0.29, 0.717) is 3.92 Å². The van der Waals surface area contributed by atoms with Crippen molar-refractivity contribution in [3.05, 3.63) is 0 Å². The minimum absolute atomic E-state index is 0.222. The lowest BCUT2D eigenvalue weighted by Crippen LogP contribution is -2.14. The Morgan fingerprint density at radius 3 is 1.96 bits per heavy atom. The lowest BCUT2D eigenvalue weighted by molar-refractivity contribution is -0.137. The van der Waals surface area contributed by atoms with E-state index in [4.69, 9.17) is 10.2 Å². The van der Waals surface area contributed by atoms with E-state index < -0.39 is 11.9 Å². The minimum Gasteiger partial charge on any atom is -0.481 e. The van der Waals surface area contributed by atoms with Crippen LogP contribution in [0.15, 0.2) is 0 Å². The molecule has 0 aromatic rings. The highest BCUT2D eigenvalue weighted by atomic mass is 127. The Morgan fingerprint density at radius 2 is 1.52 bits per heavy atom. The van der Waals surface area contributed by atoms with Gasteiger partial charge < -0.3 is 10.2 Å². The maximum Gasteiger partial charge on any atom is 0.316 e. The Hall–Kier alpha value is 0.750. The average molecular weight is 572 g/mol. The standard InChI is InChI=1S/C13H24I2O2S.C3H6O2/c1-11(13(16)17)18-10-12(15)8-6-4-2-3-5-7-9-14;1-2-3(4)5/h11-12H,2-10H2,1H3,(H,16,17);2H2,1H3,(H,4,5). The van der Waals surface area contributed by atoms with E-state index in [1.165, 1.54) is 49.4 Å². The first kappa shape index (κ1) is 26.0. The van der Waals surface area contributed by atoms with Crippen LogP contribution in [0.4, 0.5) is 0 Å². The van der Waals surface area contributed by atoms with Crippen LogP contribution in [0.1, 0.15) is 65.2 Å². The predicted octanol–water partition coefficient (Wildman–Crippen LogP) is 5.64. The second kappa shape index (κ2) is 19.1. The number of thioether (sulfide) groups is 1. The molecule has 4 nitrogen and oxygen atoms in total. The fraction of sp³-hybridized carbons (Fsp3) is 0.875. The highest BCUT2D eigenvalue weighted by Crippen LogP contribution is 2.21. The summed E-state index contributed by atoms with van der Waals surface area (Å²) in [5.41, 5.74) is 0. The van der Waals surface area contributed by atoms with Crippen LogP contribution >= 0.6 is 56.9 Å². The largest absolute Gasteiger partial charge is 0.481 e. The number of alkyl halides is 2. The lowest BCUT2D eigenvalue weighted by Gasteiger charge is -2.11. The first-order chi connectivity index (χ1) is 10.8. The van der Waals surface area contributed by atoms with Crippen LogP contribution in [0.2, 0.25) is 0 Å². The third-order valence-electron chi connectivity index (χ3n) is 3.08. The van der Waals surface area contributed by atoms with Gasteiger partial charge in [-0.05, 0) is 24.2 Å². The number of rotatable bonds is 13. The molecule has 2 N–H and O–H groups in total. The molecule has 138 valence electrons. The summed E-state index contributed by atoms with van der Waals surface area (Å²) >= 11 is 6.46. The van der Waals surface area contributed by atoms with E-state index in [0.717, 1.165) is 5.75 Å². The van der Waals surface area contributed by atoms with E-state index in [1.807, 2.05) is 0 Å². The first-order valence-electron chi connectivity index (χ1n) is 8.11. The number of aliphatic carboxylic acids is 2. The number of halogens is 2. The Balaban J connectivity index is 0. The van der Waals surface area contributed by atoms with Crippen molar-refractivity contribution in [2.24, 2.45) is 0 Å². The molecule has 23 heavy (non-hydrogen) atoms. The van der Waals surface area contributed by atoms with Crippen LogP contribution in [0.25, 0.3) is 0 Å². The molecule has 0 aromatic carbocycles. The molecular weight excluding hydrogens is 542 g/mol. The Bertz CT molecular complexity index is 304. The highest BCUT2D eigenvalue weighted by molar-refractivity contribution is 14.1. The van der Waals surface area contributed by atoms with Crippen molar-refractivity contribution < 1.29 is 19.8 Å². The highest BCUT2D eigenvalue weighted by Gasteiger charge is 2.13. The van der Waals surface area contributed by atoms with Gasteiger partial charge in [-0.25, -0.2) is 0 Å². The van der Waals surface area contributed by atoms with Crippen molar-refractivity contribution >= 4 is 68.9 Å². The summed E-state index contributed by atoms with van der Waals surface area (Å²) in [6.45, 7) is 3.37. The SMILES string of the molecule is CC(SCC(I)CCCCCCCCI)C(=O)O.CCC(=O)O. The number of hydrogen-bond acceptors (Lipinski definition) is 3. The van der Waals surface area contributed by atoms with Crippen molar-refractivity contribution in [1.82, 2.24) is 0 Å². The van der Waals surface area contributed by atoms with Crippen LogP contribution in [0.3, 0.4) is 0 Å². The molecule has 0 aromatic heterocycles. The van der Waals surface area contributed by atoms with Gasteiger partial charge in [0.1, 0.15) is 0 Å². The summed E-state index contributed by atoms with van der Waals surface area (Å²) < 4.78 is 1.90. The quantitative estimate of drug-likeness (QED) is 0.170. The van der Waals surface area contributed by atoms with Gasteiger partial charge in [-0.1, -0.05) is 84.2 Å². The van der Waals surface area contributed by atoms with Crippen molar-refractivity contribution in [1.29, 1.82) is 0 Å². The normalized spacial score (nSPS) is 12.9. The molecule has 0 fully saturated rings. The average Bonchev–Trinajstić information content (AvgIpc) is 2.52. The summed E-state index contributed by atoms with van der Waals surface area (Å²) in [6, 6.07) is 0. The molecule has 0 bridgehead atoms. The van der Waals surface area contributed by atoms with Gasteiger partial charge in [0.25, 0.3) is 0 Å². The van der Waals surface area contributed by atoms with Gasteiger partial charge in [0, 0.05) is 16.1 Å². The van der Waals surface area contributed by atoms with Crippen LogP contribution < -0.4 is 0 Å². The zero-order valence-corrected chi connectivity index (χ0v) is 19.2. The maximum atomic E-state index is 10.7. The zero-order chi connectivity index (χ0) is 18.1. The molecule has 7 heteroatoms. The Labute approximate surface area is 172 Å². The van der Waals surface area contributed by atoms with E-state index in [9.17, 15) is 9.59 Å². The predicted molar refractivity (Wildman–Crippen MR) is 116 cm³/mol. The fourth-order valence-corrected chi connectivity index (χ4v) is 3.98. The molecule has 0 saturated carbocycles. The van der Waals surface area contributed by atoms with Gasteiger partial charge in [0.2, 0.25) is 0 Å². The zero-order valence-electron chi connectivity index (χ0n) is 14.1. The number of hydrogen-bond donors (Lipinski definition) is 2. The monoisotopic (exact) mass is 572 g/mol. The second-order valence-corrected chi connectivity index (χ2v) is 9.47. The van der Waals surface area contributed by atoms with E-state index in [2.05, 4.69) is 45.2 Å². The van der Waals surface area contributed by atoms with Crippen LogP contribution in [0.5, 0.6) is 0 Å². The number of carbonyl (C=O) groups is 2. The number of carboxylic acid groups (broad SMARTS) is 2. The minimum atomic E-state index is -0.745. The van der Waals surface area contributed by atoms with Gasteiger partial charge in [0.15, 0.2) is 0 Å². The lowest BCUT2D eigenvalue weighted by atomic mass is 10.1. The molecule has 0 radical (unpaired) electrons. The van der Waals surface area contributed by atoms with Gasteiger partial charge in [-0.15, -0.1) is 11.8 Å². The maximum absolute atomic E-state index is 10.7. The smallest absolute Gasteiger partial charge is 0.316 e. The summed E-state index contributed by atoms with van der Waals surface area (Å²) in [6.07, 6.45) is 9.55. The fourth-order valence-electron chi connectivity index (χ4n) is 1.57. The molecular formula is C16H30I2O4S.